The van der Waals surface area contributed by atoms with Gasteiger partial charge in [0.1, 0.15) is 10.5 Å². The molecule has 4 aromatic rings. The number of aromatic hydroxyl groups is 1. The maximum absolute atomic E-state index is 13.8. The van der Waals surface area contributed by atoms with Crippen LogP contribution in [0.4, 0.5) is 5.13 Å². The Labute approximate surface area is 220 Å². The monoisotopic (exact) mass is 534 g/mol. The number of Topliss-reactive ketones (excluding diaryl/α,β-unsaturated/α-hetero) is 1. The highest BCUT2D eigenvalue weighted by atomic mass is 32.1. The van der Waals surface area contributed by atoms with Crippen molar-refractivity contribution in [2.24, 2.45) is 0 Å². The molecule has 2 aromatic heterocycles. The summed E-state index contributed by atoms with van der Waals surface area (Å²) in [5.41, 5.74) is 0.902. The van der Waals surface area contributed by atoms with Gasteiger partial charge >= 0.3 is 5.97 Å². The first-order chi connectivity index (χ1) is 18.2. The van der Waals surface area contributed by atoms with Crippen molar-refractivity contribution in [2.45, 2.75) is 19.9 Å². The topological polar surface area (TPSA) is 139 Å². The number of aliphatic hydroxyl groups is 1. The molecule has 11 heteroatoms. The molecule has 1 atom stereocenters. The van der Waals surface area contributed by atoms with Crippen LogP contribution < -0.4 is 9.64 Å². The quantitative estimate of drug-likeness (QED) is 0.251. The van der Waals surface area contributed by atoms with Gasteiger partial charge in [-0.05, 0) is 43.7 Å². The van der Waals surface area contributed by atoms with Crippen LogP contribution in [0, 0.1) is 6.92 Å². The molecule has 5 rings (SSSR count). The van der Waals surface area contributed by atoms with Gasteiger partial charge in [-0.15, -0.1) is 0 Å². The van der Waals surface area contributed by atoms with E-state index in [9.17, 15) is 24.6 Å². The molecule has 0 bridgehead atoms. The van der Waals surface area contributed by atoms with Crippen molar-refractivity contribution in [1.29, 1.82) is 0 Å². The van der Waals surface area contributed by atoms with Gasteiger partial charge in [0.25, 0.3) is 5.91 Å². The highest BCUT2D eigenvalue weighted by molar-refractivity contribution is 7.17. The van der Waals surface area contributed by atoms with Gasteiger partial charge < -0.3 is 24.1 Å². The highest BCUT2D eigenvalue weighted by Crippen LogP contribution is 2.45. The van der Waals surface area contributed by atoms with Crippen molar-refractivity contribution >= 4 is 45.1 Å². The van der Waals surface area contributed by atoms with Crippen LogP contribution in [0.25, 0.3) is 11.0 Å². The number of benzene rings is 2. The molecule has 2 aromatic carbocycles. The third-order valence-electron chi connectivity index (χ3n) is 6.07. The summed E-state index contributed by atoms with van der Waals surface area (Å²) in [7, 11) is 1.36. The van der Waals surface area contributed by atoms with Crippen LogP contribution in [-0.2, 0) is 9.53 Å². The summed E-state index contributed by atoms with van der Waals surface area (Å²) >= 11 is 0.902. The maximum atomic E-state index is 13.8. The van der Waals surface area contributed by atoms with Gasteiger partial charge in [0.2, 0.25) is 5.78 Å². The summed E-state index contributed by atoms with van der Waals surface area (Å²) < 4.78 is 16.1. The molecule has 0 spiro atoms. The number of thiazole rings is 1. The average molecular weight is 535 g/mol. The number of para-hydroxylation sites is 1. The third-order valence-corrected chi connectivity index (χ3v) is 7.21. The number of anilines is 1. The Kier molecular flexibility index (Phi) is 6.37. The molecular formula is C27H22N2O8S. The molecule has 194 valence electrons. The summed E-state index contributed by atoms with van der Waals surface area (Å²) in [6, 6.07) is 11.7. The number of rotatable bonds is 7. The number of aliphatic hydroxyl groups excluding tert-OH is 1. The Hall–Kier alpha value is -4.64. The van der Waals surface area contributed by atoms with Crippen LogP contribution in [0.2, 0.25) is 0 Å². The number of amides is 1. The number of esters is 1. The predicted octanol–water partition coefficient (Wildman–Crippen LogP) is 4.87. The fourth-order valence-electron chi connectivity index (χ4n) is 4.31. The normalized spacial score (nSPS) is 15.4. The lowest BCUT2D eigenvalue weighted by Gasteiger charge is -2.24. The summed E-state index contributed by atoms with van der Waals surface area (Å²) in [6.07, 6.45) is 0. The molecule has 38 heavy (non-hydrogen) atoms. The Bertz CT molecular complexity index is 1600. The summed E-state index contributed by atoms with van der Waals surface area (Å²) in [4.78, 5) is 45.3. The average Bonchev–Trinajstić information content (AvgIpc) is 3.58. The molecule has 1 aliphatic rings. The number of nitrogens with zero attached hydrogens (tertiary/aromatic N) is 2. The van der Waals surface area contributed by atoms with E-state index in [-0.39, 0.29) is 39.4 Å². The Morgan fingerprint density at radius 1 is 1.16 bits per heavy atom. The van der Waals surface area contributed by atoms with E-state index in [0.717, 1.165) is 16.2 Å². The van der Waals surface area contributed by atoms with Crippen molar-refractivity contribution in [2.75, 3.05) is 18.6 Å². The number of ketones is 1. The summed E-state index contributed by atoms with van der Waals surface area (Å²) in [5, 5.41) is 21.9. The van der Waals surface area contributed by atoms with Crippen LogP contribution in [0.15, 0.2) is 64.3 Å². The van der Waals surface area contributed by atoms with E-state index in [4.69, 9.17) is 13.9 Å². The maximum Gasteiger partial charge on any atom is 0.350 e. The number of phenols is 1. The fourth-order valence-corrected chi connectivity index (χ4v) is 5.30. The molecule has 3 heterocycles. The van der Waals surface area contributed by atoms with Gasteiger partial charge in [0.05, 0.1) is 31.0 Å². The largest absolute Gasteiger partial charge is 0.504 e. The molecule has 10 nitrogen and oxygen atoms in total. The summed E-state index contributed by atoms with van der Waals surface area (Å²) in [5.74, 6) is -3.09. The van der Waals surface area contributed by atoms with E-state index in [2.05, 4.69) is 4.98 Å². The number of hydrogen-bond donors (Lipinski definition) is 2. The lowest BCUT2D eigenvalue weighted by molar-refractivity contribution is -0.117. The van der Waals surface area contributed by atoms with Crippen molar-refractivity contribution in [1.82, 2.24) is 4.98 Å². The second-order valence-corrected chi connectivity index (χ2v) is 9.36. The molecule has 0 fully saturated rings. The SMILES string of the molecule is CCOC(=O)c1sc(N2C(=O)C(O)=C(C(=O)c3cc4ccccc4o3)C2c2ccc(O)c(OC)c2)nc1C. The second kappa shape index (κ2) is 9.67. The second-order valence-electron chi connectivity index (χ2n) is 8.38. The van der Waals surface area contributed by atoms with Crippen LogP contribution in [0.5, 0.6) is 11.5 Å². The van der Waals surface area contributed by atoms with Gasteiger partial charge in [0.15, 0.2) is 28.1 Å². The lowest BCUT2D eigenvalue weighted by Crippen LogP contribution is -2.31. The number of carbonyl (C=O) groups excluding carboxylic acids is 3. The van der Waals surface area contributed by atoms with E-state index < -0.39 is 29.5 Å². The molecule has 1 amide bonds. The van der Waals surface area contributed by atoms with Crippen LogP contribution >= 0.6 is 11.3 Å². The molecule has 0 aliphatic carbocycles. The highest BCUT2D eigenvalue weighted by Gasteiger charge is 2.47. The standard InChI is InChI=1S/C27H22N2O8S/c1-4-36-26(34)24-13(2)28-27(38-24)29-21(15-9-10-16(30)18(12-15)35-3)20(23(32)25(29)33)22(31)19-11-14-7-5-6-8-17(14)37-19/h5-12,21,30,32H,4H2,1-3H3. The van der Waals surface area contributed by atoms with E-state index in [1.165, 1.54) is 31.4 Å². The Morgan fingerprint density at radius 3 is 2.63 bits per heavy atom. The van der Waals surface area contributed by atoms with Crippen molar-refractivity contribution in [3.8, 4) is 11.5 Å². The zero-order valence-corrected chi connectivity index (χ0v) is 21.4. The van der Waals surface area contributed by atoms with Crippen molar-refractivity contribution < 1.29 is 38.5 Å². The lowest BCUT2D eigenvalue weighted by atomic mass is 9.95. The first kappa shape index (κ1) is 25.0. The van der Waals surface area contributed by atoms with Crippen molar-refractivity contribution in [3.63, 3.8) is 0 Å². The number of ether oxygens (including phenoxy) is 2. The Balaban J connectivity index is 1.66. The van der Waals surface area contributed by atoms with E-state index in [1.807, 2.05) is 0 Å². The van der Waals surface area contributed by atoms with Gasteiger partial charge in [-0.2, -0.15) is 0 Å². The molecule has 0 radical (unpaired) electrons. The number of hydrogen-bond acceptors (Lipinski definition) is 10. The number of furan rings is 1. The molecule has 1 aliphatic heterocycles. The van der Waals surface area contributed by atoms with E-state index in [1.54, 1.807) is 38.1 Å². The van der Waals surface area contributed by atoms with Gasteiger partial charge in [0, 0.05) is 5.39 Å². The Morgan fingerprint density at radius 2 is 1.92 bits per heavy atom. The molecule has 0 saturated carbocycles. The predicted molar refractivity (Wildman–Crippen MR) is 138 cm³/mol. The minimum atomic E-state index is -1.17. The van der Waals surface area contributed by atoms with E-state index >= 15 is 0 Å². The minimum absolute atomic E-state index is 0.0688. The molecule has 0 saturated heterocycles. The number of aromatic nitrogens is 1. The van der Waals surface area contributed by atoms with Crippen LogP contribution in [0.1, 0.15) is 44.4 Å². The first-order valence-electron chi connectivity index (χ1n) is 11.6. The number of phenolic OH excluding ortho intramolecular Hbond substituents is 1. The van der Waals surface area contributed by atoms with Crippen molar-refractivity contribution in [3.05, 3.63) is 81.8 Å². The first-order valence-corrected chi connectivity index (χ1v) is 12.4. The third kappa shape index (κ3) is 4.06. The van der Waals surface area contributed by atoms with Gasteiger partial charge in [-0.1, -0.05) is 35.6 Å². The molecular weight excluding hydrogens is 512 g/mol. The van der Waals surface area contributed by atoms with Gasteiger partial charge in [-0.3, -0.25) is 14.5 Å². The van der Waals surface area contributed by atoms with Crippen LogP contribution in [-0.4, -0.2) is 46.6 Å². The number of methoxy groups -OCH3 is 1. The smallest absolute Gasteiger partial charge is 0.350 e. The molecule has 2 N–H and O–H groups in total. The number of carbonyl (C=O) groups is 3. The molecule has 1 unspecified atom stereocenters. The number of aryl methyl sites for hydroxylation is 1. The summed E-state index contributed by atoms with van der Waals surface area (Å²) in [6.45, 7) is 3.42. The fraction of sp³-hybridized carbons (Fsp3) is 0.185. The zero-order chi connectivity index (χ0) is 27.1. The zero-order valence-electron chi connectivity index (χ0n) is 20.5. The van der Waals surface area contributed by atoms with Crippen LogP contribution in [0.3, 0.4) is 0 Å². The van der Waals surface area contributed by atoms with E-state index in [0.29, 0.717) is 22.2 Å². The number of fused-ring (bicyclic) bond motifs is 1. The minimum Gasteiger partial charge on any atom is -0.504 e. The van der Waals surface area contributed by atoms with Gasteiger partial charge in [-0.25, -0.2) is 9.78 Å².